The smallest absolute Gasteiger partial charge is 0.354 e. The summed E-state index contributed by atoms with van der Waals surface area (Å²) in [5.74, 6) is -0.0132. The first-order valence-corrected chi connectivity index (χ1v) is 6.27. The van der Waals surface area contributed by atoms with E-state index >= 15 is 0 Å². The summed E-state index contributed by atoms with van der Waals surface area (Å²) in [7, 11) is 1.73. The molecule has 0 bridgehead atoms. The van der Waals surface area contributed by atoms with E-state index in [0.29, 0.717) is 17.9 Å². The van der Waals surface area contributed by atoms with Gasteiger partial charge in [-0.2, -0.15) is 23.3 Å². The van der Waals surface area contributed by atoms with Crippen LogP contribution in [0.25, 0.3) is 0 Å². The minimum atomic E-state index is -4.53. The third-order valence-electron chi connectivity index (χ3n) is 2.63. The summed E-state index contributed by atoms with van der Waals surface area (Å²) in [6, 6.07) is 0.868. The Hall–Kier alpha value is -2.32. The Morgan fingerprint density at radius 1 is 1.29 bits per heavy atom. The summed E-state index contributed by atoms with van der Waals surface area (Å²) in [6.07, 6.45) is -2.87. The van der Waals surface area contributed by atoms with Gasteiger partial charge in [0, 0.05) is 25.9 Å². The molecule has 0 saturated carbocycles. The number of hydrogen-bond donors (Lipinski definition) is 2. The number of alkyl halides is 3. The Labute approximate surface area is 119 Å². The molecule has 0 spiro atoms. The van der Waals surface area contributed by atoms with E-state index in [0.717, 1.165) is 6.07 Å². The molecule has 2 aromatic rings. The topological polar surface area (TPSA) is 67.7 Å². The lowest BCUT2D eigenvalue weighted by atomic mass is 10.3. The Bertz CT molecular complexity index is 634. The van der Waals surface area contributed by atoms with E-state index in [1.54, 1.807) is 31.8 Å². The van der Waals surface area contributed by atoms with E-state index in [1.807, 2.05) is 0 Å². The van der Waals surface area contributed by atoms with Crippen molar-refractivity contribution in [1.82, 2.24) is 19.7 Å². The van der Waals surface area contributed by atoms with Gasteiger partial charge in [0.05, 0.1) is 11.4 Å². The maximum absolute atomic E-state index is 12.8. The maximum atomic E-state index is 12.8. The van der Waals surface area contributed by atoms with Gasteiger partial charge in [0.25, 0.3) is 0 Å². The molecule has 0 radical (unpaired) electrons. The zero-order chi connectivity index (χ0) is 15.6. The lowest BCUT2D eigenvalue weighted by molar-refractivity contribution is -0.141. The van der Waals surface area contributed by atoms with Crippen LogP contribution < -0.4 is 10.6 Å². The predicted molar refractivity (Wildman–Crippen MR) is 72.4 cm³/mol. The Morgan fingerprint density at radius 3 is 2.52 bits per heavy atom. The van der Waals surface area contributed by atoms with Crippen molar-refractivity contribution < 1.29 is 13.2 Å². The Kier molecular flexibility index (Phi) is 4.01. The van der Waals surface area contributed by atoms with Crippen LogP contribution in [-0.2, 0) is 13.2 Å². The van der Waals surface area contributed by atoms with Crippen molar-refractivity contribution in [2.75, 3.05) is 17.2 Å². The molecule has 0 aliphatic heterocycles. The van der Waals surface area contributed by atoms with Crippen LogP contribution >= 0.6 is 0 Å². The predicted octanol–water partition coefficient (Wildman–Crippen LogP) is 2.71. The molecule has 2 heterocycles. The SMILES string of the molecule is CCNc1nc(Nc2cn(C)nc2C)cc(C(F)(F)F)n1. The number of nitrogens with zero attached hydrogens (tertiary/aromatic N) is 4. The highest BCUT2D eigenvalue weighted by Crippen LogP contribution is 2.30. The van der Waals surface area contributed by atoms with Crippen molar-refractivity contribution in [3.8, 4) is 0 Å². The third-order valence-corrected chi connectivity index (χ3v) is 2.63. The van der Waals surface area contributed by atoms with Crippen LogP contribution in [0.5, 0.6) is 0 Å². The van der Waals surface area contributed by atoms with E-state index in [1.165, 1.54) is 0 Å². The first-order valence-electron chi connectivity index (χ1n) is 6.27. The second kappa shape index (κ2) is 5.58. The summed E-state index contributed by atoms with van der Waals surface area (Å²) in [6.45, 7) is 3.92. The molecule has 114 valence electrons. The van der Waals surface area contributed by atoms with Gasteiger partial charge < -0.3 is 10.6 Å². The summed E-state index contributed by atoms with van der Waals surface area (Å²) >= 11 is 0. The van der Waals surface area contributed by atoms with Gasteiger partial charge in [-0.05, 0) is 13.8 Å². The quantitative estimate of drug-likeness (QED) is 0.908. The van der Waals surface area contributed by atoms with Crippen molar-refractivity contribution in [2.45, 2.75) is 20.0 Å². The molecule has 6 nitrogen and oxygen atoms in total. The average molecular weight is 300 g/mol. The standard InChI is InChI=1S/C12H15F3N6/c1-4-16-11-18-9(12(13,14)15)5-10(19-11)17-8-6-21(3)20-7(8)2/h5-6H,4H2,1-3H3,(H2,16,17,18,19). The molecule has 9 heteroatoms. The molecule has 2 N–H and O–H groups in total. The van der Waals surface area contributed by atoms with E-state index in [9.17, 15) is 13.2 Å². The van der Waals surface area contributed by atoms with E-state index in [-0.39, 0.29) is 11.8 Å². The monoisotopic (exact) mass is 300 g/mol. The summed E-state index contributed by atoms with van der Waals surface area (Å²) in [4.78, 5) is 7.47. The number of aryl methyl sites for hydroxylation is 2. The molecular formula is C12H15F3N6. The van der Waals surface area contributed by atoms with Crippen molar-refractivity contribution in [1.29, 1.82) is 0 Å². The molecule has 0 unspecified atom stereocenters. The van der Waals surface area contributed by atoms with Gasteiger partial charge in [0.2, 0.25) is 5.95 Å². The minimum Gasteiger partial charge on any atom is -0.354 e. The molecule has 21 heavy (non-hydrogen) atoms. The molecule has 0 saturated heterocycles. The molecule has 0 amide bonds. The van der Waals surface area contributed by atoms with Crippen molar-refractivity contribution in [3.05, 3.63) is 23.7 Å². The van der Waals surface area contributed by atoms with Gasteiger partial charge in [0.1, 0.15) is 5.82 Å². The zero-order valence-electron chi connectivity index (χ0n) is 11.8. The van der Waals surface area contributed by atoms with Gasteiger partial charge in [-0.25, -0.2) is 4.98 Å². The largest absolute Gasteiger partial charge is 0.433 e. The third kappa shape index (κ3) is 3.61. The van der Waals surface area contributed by atoms with Gasteiger partial charge in [0.15, 0.2) is 5.69 Å². The van der Waals surface area contributed by atoms with Gasteiger partial charge >= 0.3 is 6.18 Å². The first-order chi connectivity index (χ1) is 9.79. The van der Waals surface area contributed by atoms with Crippen LogP contribution in [0, 0.1) is 6.92 Å². The van der Waals surface area contributed by atoms with E-state index < -0.39 is 11.9 Å². The second-order valence-corrected chi connectivity index (χ2v) is 4.42. The first kappa shape index (κ1) is 15.1. The van der Waals surface area contributed by atoms with Crippen LogP contribution in [0.1, 0.15) is 18.3 Å². The number of nitrogens with one attached hydrogen (secondary N) is 2. The molecular weight excluding hydrogens is 285 g/mol. The van der Waals surface area contributed by atoms with E-state index in [4.69, 9.17) is 0 Å². The average Bonchev–Trinajstić information content (AvgIpc) is 2.67. The van der Waals surface area contributed by atoms with Gasteiger partial charge in [-0.15, -0.1) is 0 Å². The molecule has 0 atom stereocenters. The van der Waals surface area contributed by atoms with Crippen LogP contribution in [0.3, 0.4) is 0 Å². The number of halogens is 3. The summed E-state index contributed by atoms with van der Waals surface area (Å²) in [5, 5.41) is 9.62. The molecule has 0 aromatic carbocycles. The molecule has 0 fully saturated rings. The van der Waals surface area contributed by atoms with Crippen LogP contribution in [0.2, 0.25) is 0 Å². The van der Waals surface area contributed by atoms with Crippen molar-refractivity contribution in [2.24, 2.45) is 7.05 Å². The van der Waals surface area contributed by atoms with Crippen LogP contribution in [0.15, 0.2) is 12.3 Å². The molecule has 2 aromatic heterocycles. The second-order valence-electron chi connectivity index (χ2n) is 4.42. The lowest BCUT2D eigenvalue weighted by Gasteiger charge is -2.11. The maximum Gasteiger partial charge on any atom is 0.433 e. The number of rotatable bonds is 4. The summed E-state index contributed by atoms with van der Waals surface area (Å²) in [5.41, 5.74) is 0.249. The Balaban J connectivity index is 2.38. The lowest BCUT2D eigenvalue weighted by Crippen LogP contribution is -2.13. The number of hydrogen-bond acceptors (Lipinski definition) is 5. The van der Waals surface area contributed by atoms with Crippen LogP contribution in [0.4, 0.5) is 30.6 Å². The fraction of sp³-hybridized carbons (Fsp3) is 0.417. The van der Waals surface area contributed by atoms with E-state index in [2.05, 4.69) is 25.7 Å². The number of aromatic nitrogens is 4. The molecule has 2 rings (SSSR count). The Morgan fingerprint density at radius 2 is 2.00 bits per heavy atom. The normalized spacial score (nSPS) is 11.5. The highest BCUT2D eigenvalue weighted by atomic mass is 19.4. The van der Waals surface area contributed by atoms with Gasteiger partial charge in [-0.1, -0.05) is 0 Å². The van der Waals surface area contributed by atoms with Gasteiger partial charge in [-0.3, -0.25) is 4.68 Å². The summed E-state index contributed by atoms with van der Waals surface area (Å²) < 4.78 is 40.1. The number of anilines is 3. The minimum absolute atomic E-state index is 0.0596. The van der Waals surface area contributed by atoms with Crippen molar-refractivity contribution in [3.63, 3.8) is 0 Å². The van der Waals surface area contributed by atoms with Crippen LogP contribution in [-0.4, -0.2) is 26.3 Å². The highest BCUT2D eigenvalue weighted by Gasteiger charge is 2.33. The van der Waals surface area contributed by atoms with Crippen molar-refractivity contribution >= 4 is 17.5 Å². The zero-order valence-corrected chi connectivity index (χ0v) is 11.8. The highest BCUT2D eigenvalue weighted by molar-refractivity contribution is 5.59. The molecule has 0 aliphatic rings. The molecule has 0 aliphatic carbocycles. The fourth-order valence-corrected chi connectivity index (χ4v) is 1.75. The fourth-order valence-electron chi connectivity index (χ4n) is 1.75.